The molecule has 0 heterocycles. The molecule has 0 aliphatic heterocycles. The summed E-state index contributed by atoms with van der Waals surface area (Å²) in [7, 11) is 1.85. The molecule has 0 rings (SSSR count). The normalized spacial score (nSPS) is 12.7. The highest BCUT2D eigenvalue weighted by Gasteiger charge is 2.25. The summed E-state index contributed by atoms with van der Waals surface area (Å²) < 4.78 is 11.0. The van der Waals surface area contributed by atoms with Gasteiger partial charge in [-0.15, -0.1) is 0 Å². The average Bonchev–Trinajstić information content (AvgIpc) is 3.17. The third kappa shape index (κ3) is 34.2. The van der Waals surface area contributed by atoms with E-state index < -0.39 is 36.0 Å². The maximum atomic E-state index is 12.9. The second kappa shape index (κ2) is 37.2. The molecule has 14 nitrogen and oxygen atoms in total. The number of esters is 2. The van der Waals surface area contributed by atoms with Gasteiger partial charge in [0.25, 0.3) is 0 Å². The van der Waals surface area contributed by atoms with Crippen molar-refractivity contribution in [3.8, 4) is 0 Å². The molecule has 0 spiro atoms. The van der Waals surface area contributed by atoms with Crippen LogP contribution in [0.25, 0.3) is 0 Å². The first-order chi connectivity index (χ1) is 28.7. The number of hydrogen-bond acceptors (Lipinski definition) is 10. The maximum absolute atomic E-state index is 12.9. The van der Waals surface area contributed by atoms with E-state index in [0.717, 1.165) is 96.4 Å². The predicted molar refractivity (Wildman–Crippen MR) is 235 cm³/mol. The number of carboxylic acids is 1. The summed E-state index contributed by atoms with van der Waals surface area (Å²) >= 11 is 0. The standard InChI is InChI=1S/C46H84N4O10/c1-35(2)33-39(49-42(53)28-19-12-8-7-11-17-25-37(5)51)45(57)59-31-23-15-16-24-32-60-46(58)40(34-36(3)4)50-43(54)29-20-14-10-9-13-18-27-41(52)48-38(44(55)56)26-21-22-30-47-6/h35-36,38-40,47H,7-34H2,1-6H3,(H,48,52)(H,49,53)(H,50,54)(H,55,56). The summed E-state index contributed by atoms with van der Waals surface area (Å²) in [5.74, 6) is -1.78. The molecule has 0 saturated heterocycles. The Labute approximate surface area is 362 Å². The minimum absolute atomic E-state index is 0.138. The number of Topliss-reactive ketones (excluding diaryl/α,β-unsaturated/α-hetero) is 1. The number of amides is 3. The first kappa shape index (κ1) is 56.5. The van der Waals surface area contributed by atoms with Crippen molar-refractivity contribution in [1.82, 2.24) is 21.3 Å². The molecule has 348 valence electrons. The van der Waals surface area contributed by atoms with Gasteiger partial charge in [0, 0.05) is 25.7 Å². The minimum Gasteiger partial charge on any atom is -0.480 e. The lowest BCUT2D eigenvalue weighted by Crippen LogP contribution is -2.42. The van der Waals surface area contributed by atoms with Crippen LogP contribution in [0.15, 0.2) is 0 Å². The lowest BCUT2D eigenvalue weighted by Gasteiger charge is -2.20. The van der Waals surface area contributed by atoms with Crippen LogP contribution in [0, 0.1) is 11.8 Å². The van der Waals surface area contributed by atoms with Crippen LogP contribution in [0.3, 0.4) is 0 Å². The molecule has 3 amide bonds. The van der Waals surface area contributed by atoms with Crippen molar-refractivity contribution in [2.45, 2.75) is 213 Å². The number of carbonyl (C=O) groups excluding carboxylic acids is 6. The van der Waals surface area contributed by atoms with E-state index in [-0.39, 0.29) is 48.6 Å². The van der Waals surface area contributed by atoms with Crippen LogP contribution < -0.4 is 21.3 Å². The molecule has 0 radical (unpaired) electrons. The van der Waals surface area contributed by atoms with Crippen molar-refractivity contribution in [1.29, 1.82) is 0 Å². The van der Waals surface area contributed by atoms with E-state index in [1.54, 1.807) is 6.92 Å². The number of carbonyl (C=O) groups is 7. The van der Waals surface area contributed by atoms with Gasteiger partial charge >= 0.3 is 17.9 Å². The van der Waals surface area contributed by atoms with E-state index in [1.165, 1.54) is 0 Å². The largest absolute Gasteiger partial charge is 0.480 e. The van der Waals surface area contributed by atoms with Crippen molar-refractivity contribution in [3.05, 3.63) is 0 Å². The third-order valence-corrected chi connectivity index (χ3v) is 10.2. The van der Waals surface area contributed by atoms with Crippen LogP contribution in [-0.4, -0.2) is 91.5 Å². The third-order valence-electron chi connectivity index (χ3n) is 10.2. The molecule has 14 heteroatoms. The Balaban J connectivity index is 4.26. The van der Waals surface area contributed by atoms with Gasteiger partial charge in [0.2, 0.25) is 17.7 Å². The van der Waals surface area contributed by atoms with Gasteiger partial charge in [-0.1, -0.05) is 79.1 Å². The highest BCUT2D eigenvalue weighted by atomic mass is 16.5. The second-order valence-corrected chi connectivity index (χ2v) is 17.3. The summed E-state index contributed by atoms with van der Waals surface area (Å²) in [6.07, 6.45) is 18.1. The van der Waals surface area contributed by atoms with Crippen LogP contribution in [0.4, 0.5) is 0 Å². The average molecular weight is 853 g/mol. The van der Waals surface area contributed by atoms with Crippen LogP contribution >= 0.6 is 0 Å². The zero-order chi connectivity index (χ0) is 45.0. The van der Waals surface area contributed by atoms with Gasteiger partial charge in [-0.05, 0) is 116 Å². The van der Waals surface area contributed by atoms with Crippen LogP contribution in [0.5, 0.6) is 0 Å². The van der Waals surface area contributed by atoms with Gasteiger partial charge in [-0.3, -0.25) is 14.4 Å². The Kier molecular flexibility index (Phi) is 35.0. The van der Waals surface area contributed by atoms with Gasteiger partial charge < -0.3 is 40.6 Å². The number of aliphatic carboxylic acids is 1. The number of rotatable bonds is 40. The Morgan fingerprint density at radius 2 is 0.817 bits per heavy atom. The van der Waals surface area contributed by atoms with Crippen molar-refractivity contribution in [2.24, 2.45) is 11.8 Å². The summed E-state index contributed by atoms with van der Waals surface area (Å²) in [6.45, 7) is 10.9. The Morgan fingerprint density at radius 1 is 0.467 bits per heavy atom. The minimum atomic E-state index is -1.00. The van der Waals surface area contributed by atoms with Gasteiger partial charge in [0.15, 0.2) is 0 Å². The molecule has 3 unspecified atom stereocenters. The molecule has 0 fully saturated rings. The Morgan fingerprint density at radius 3 is 1.17 bits per heavy atom. The molecule has 0 saturated carbocycles. The van der Waals surface area contributed by atoms with Crippen molar-refractivity contribution in [3.63, 3.8) is 0 Å². The number of ether oxygens (including phenoxy) is 2. The fourth-order valence-corrected chi connectivity index (χ4v) is 6.83. The number of unbranched alkanes of at least 4 members (excludes halogenated alkanes) is 14. The van der Waals surface area contributed by atoms with Crippen molar-refractivity contribution in [2.75, 3.05) is 26.8 Å². The smallest absolute Gasteiger partial charge is 0.328 e. The monoisotopic (exact) mass is 853 g/mol. The lowest BCUT2D eigenvalue weighted by atomic mass is 10.0. The van der Waals surface area contributed by atoms with Crippen LogP contribution in [0.1, 0.15) is 195 Å². The second-order valence-electron chi connectivity index (χ2n) is 17.3. The van der Waals surface area contributed by atoms with E-state index in [0.29, 0.717) is 70.6 Å². The molecular formula is C46H84N4O10. The molecule has 3 atom stereocenters. The predicted octanol–water partition coefficient (Wildman–Crippen LogP) is 7.48. The van der Waals surface area contributed by atoms with Gasteiger partial charge in [-0.2, -0.15) is 0 Å². The maximum Gasteiger partial charge on any atom is 0.328 e. The van der Waals surface area contributed by atoms with E-state index in [1.807, 2.05) is 34.7 Å². The first-order valence-corrected chi connectivity index (χ1v) is 23.2. The van der Waals surface area contributed by atoms with Crippen LogP contribution in [0.2, 0.25) is 0 Å². The van der Waals surface area contributed by atoms with Crippen LogP contribution in [-0.2, 0) is 43.0 Å². The number of carboxylic acid groups (broad SMARTS) is 1. The summed E-state index contributed by atoms with van der Waals surface area (Å²) in [5.41, 5.74) is 0. The van der Waals surface area contributed by atoms with E-state index in [9.17, 15) is 38.7 Å². The highest BCUT2D eigenvalue weighted by molar-refractivity contribution is 5.85. The summed E-state index contributed by atoms with van der Waals surface area (Å²) in [5, 5.41) is 20.8. The summed E-state index contributed by atoms with van der Waals surface area (Å²) in [4.78, 5) is 85.6. The van der Waals surface area contributed by atoms with E-state index >= 15 is 0 Å². The number of hydrogen-bond donors (Lipinski definition) is 5. The van der Waals surface area contributed by atoms with Gasteiger partial charge in [-0.25, -0.2) is 14.4 Å². The van der Waals surface area contributed by atoms with E-state index in [2.05, 4.69) is 21.3 Å². The Hall–Kier alpha value is -3.55. The molecule has 0 aliphatic rings. The molecule has 0 bridgehead atoms. The van der Waals surface area contributed by atoms with Crippen molar-refractivity contribution < 1.29 is 48.1 Å². The zero-order valence-electron chi connectivity index (χ0n) is 38.3. The van der Waals surface area contributed by atoms with Crippen molar-refractivity contribution >= 4 is 41.4 Å². The molecular weight excluding hydrogens is 769 g/mol. The fraction of sp³-hybridized carbons (Fsp3) is 0.848. The fourth-order valence-electron chi connectivity index (χ4n) is 6.83. The number of ketones is 1. The zero-order valence-corrected chi connectivity index (χ0v) is 38.3. The molecule has 5 N–H and O–H groups in total. The van der Waals surface area contributed by atoms with E-state index in [4.69, 9.17) is 9.47 Å². The van der Waals surface area contributed by atoms with Gasteiger partial charge in [0.1, 0.15) is 23.9 Å². The SMILES string of the molecule is CNCCCCC(NC(=O)CCCCCCCCC(=O)NC(CC(C)C)C(=O)OCCCCCCOC(=O)C(CC(C)C)NC(=O)CCCCCCCCC(C)=O)C(=O)O. The number of nitrogens with one attached hydrogen (secondary N) is 4. The molecule has 0 aromatic rings. The molecule has 60 heavy (non-hydrogen) atoms. The molecule has 0 aromatic heterocycles. The topological polar surface area (TPSA) is 206 Å². The van der Waals surface area contributed by atoms with Gasteiger partial charge in [0.05, 0.1) is 13.2 Å². The summed E-state index contributed by atoms with van der Waals surface area (Å²) in [6, 6.07) is -2.22. The lowest BCUT2D eigenvalue weighted by molar-refractivity contribution is -0.149. The molecule has 0 aromatic carbocycles. The highest BCUT2D eigenvalue weighted by Crippen LogP contribution is 2.14. The molecule has 0 aliphatic carbocycles. The first-order valence-electron chi connectivity index (χ1n) is 23.2. The Bertz CT molecular complexity index is 1210. The quantitative estimate of drug-likeness (QED) is 0.0302.